The van der Waals surface area contributed by atoms with Crippen LogP contribution in [0.25, 0.3) is 0 Å². The molecule has 0 bridgehead atoms. The molecular weight excluding hydrogens is 328 g/mol. The Kier molecular flexibility index (Phi) is 4.42. The van der Waals surface area contributed by atoms with Crippen LogP contribution in [0.3, 0.4) is 0 Å². The molecule has 1 saturated carbocycles. The SMILES string of the molecule is COc1ccc(C2(C(=O)N3CCC(Cc4nncn4C)CC3)CC2)cc1. The fourth-order valence-electron chi connectivity index (χ4n) is 4.05. The second kappa shape index (κ2) is 6.74. The molecule has 2 aromatic rings. The number of amides is 1. The van der Waals surface area contributed by atoms with E-state index in [1.807, 2.05) is 35.9 Å². The lowest BCUT2D eigenvalue weighted by Crippen LogP contribution is -2.44. The largest absolute Gasteiger partial charge is 0.497 e. The first-order chi connectivity index (χ1) is 12.6. The standard InChI is InChI=1S/C20H26N4O2/c1-23-14-21-22-18(23)13-15-7-11-24(12-8-15)19(25)20(9-10-20)16-3-5-17(26-2)6-4-16/h3-6,14-15H,7-13H2,1-2H3. The first-order valence-electron chi connectivity index (χ1n) is 9.39. The van der Waals surface area contributed by atoms with Crippen molar-refractivity contribution in [3.8, 4) is 5.75 Å². The number of hydrogen-bond acceptors (Lipinski definition) is 4. The second-order valence-electron chi connectivity index (χ2n) is 7.61. The van der Waals surface area contributed by atoms with Gasteiger partial charge in [0.05, 0.1) is 12.5 Å². The summed E-state index contributed by atoms with van der Waals surface area (Å²) in [6, 6.07) is 8.00. The van der Waals surface area contributed by atoms with Gasteiger partial charge in [-0.25, -0.2) is 0 Å². The summed E-state index contributed by atoms with van der Waals surface area (Å²) >= 11 is 0. The Hall–Kier alpha value is -2.37. The highest BCUT2D eigenvalue weighted by Gasteiger charge is 2.53. The highest BCUT2D eigenvalue weighted by Crippen LogP contribution is 2.50. The Morgan fingerprint density at radius 3 is 2.46 bits per heavy atom. The van der Waals surface area contributed by atoms with Gasteiger partial charge < -0.3 is 14.2 Å². The average molecular weight is 354 g/mol. The molecule has 6 nitrogen and oxygen atoms in total. The highest BCUT2D eigenvalue weighted by molar-refractivity contribution is 5.91. The van der Waals surface area contributed by atoms with Gasteiger partial charge in [-0.05, 0) is 49.3 Å². The van der Waals surface area contributed by atoms with E-state index < -0.39 is 0 Å². The van der Waals surface area contributed by atoms with Crippen molar-refractivity contribution < 1.29 is 9.53 Å². The topological polar surface area (TPSA) is 60.2 Å². The van der Waals surface area contributed by atoms with Gasteiger partial charge >= 0.3 is 0 Å². The lowest BCUT2D eigenvalue weighted by atomic mass is 9.90. The van der Waals surface area contributed by atoms with E-state index in [0.717, 1.165) is 62.3 Å². The normalized spacial score (nSPS) is 19.4. The van der Waals surface area contributed by atoms with E-state index in [0.29, 0.717) is 11.8 Å². The van der Waals surface area contributed by atoms with Gasteiger partial charge in [-0.3, -0.25) is 4.79 Å². The minimum atomic E-state index is -0.289. The molecule has 0 N–H and O–H groups in total. The summed E-state index contributed by atoms with van der Waals surface area (Å²) in [7, 11) is 3.65. The van der Waals surface area contributed by atoms with Crippen molar-refractivity contribution in [3.05, 3.63) is 42.0 Å². The summed E-state index contributed by atoms with van der Waals surface area (Å²) in [6.45, 7) is 1.69. The third-order valence-electron chi connectivity index (χ3n) is 5.98. The summed E-state index contributed by atoms with van der Waals surface area (Å²) in [6.07, 6.45) is 6.69. The Morgan fingerprint density at radius 1 is 1.23 bits per heavy atom. The predicted molar refractivity (Wildman–Crippen MR) is 97.9 cm³/mol. The van der Waals surface area contributed by atoms with Crippen LogP contribution in [0, 0.1) is 5.92 Å². The monoisotopic (exact) mass is 354 g/mol. The Balaban J connectivity index is 1.38. The first kappa shape index (κ1) is 17.1. The van der Waals surface area contributed by atoms with E-state index >= 15 is 0 Å². The molecular formula is C20H26N4O2. The number of aromatic nitrogens is 3. The number of carbonyl (C=O) groups is 1. The number of carbonyl (C=O) groups excluding carboxylic acids is 1. The van der Waals surface area contributed by atoms with Gasteiger partial charge in [0.15, 0.2) is 0 Å². The number of likely N-dealkylation sites (tertiary alicyclic amines) is 1. The quantitative estimate of drug-likeness (QED) is 0.827. The summed E-state index contributed by atoms with van der Waals surface area (Å²) in [5.74, 6) is 2.76. The van der Waals surface area contributed by atoms with Crippen molar-refractivity contribution in [2.24, 2.45) is 13.0 Å². The van der Waals surface area contributed by atoms with Crippen LogP contribution >= 0.6 is 0 Å². The van der Waals surface area contributed by atoms with Crippen molar-refractivity contribution in [2.45, 2.75) is 37.5 Å². The first-order valence-corrected chi connectivity index (χ1v) is 9.39. The van der Waals surface area contributed by atoms with E-state index in [-0.39, 0.29) is 5.41 Å². The number of aryl methyl sites for hydroxylation is 1. The Morgan fingerprint density at radius 2 is 1.92 bits per heavy atom. The van der Waals surface area contributed by atoms with Crippen LogP contribution < -0.4 is 4.74 Å². The lowest BCUT2D eigenvalue weighted by molar-refractivity contribution is -0.135. The predicted octanol–water partition coefficient (Wildman–Crippen LogP) is 2.34. The average Bonchev–Trinajstić information content (AvgIpc) is 3.40. The zero-order chi connectivity index (χ0) is 18.1. The van der Waals surface area contributed by atoms with Gasteiger partial charge in [-0.2, -0.15) is 0 Å². The molecule has 0 atom stereocenters. The smallest absolute Gasteiger partial charge is 0.233 e. The van der Waals surface area contributed by atoms with Crippen molar-refractivity contribution >= 4 is 5.91 Å². The lowest BCUT2D eigenvalue weighted by Gasteiger charge is -2.34. The van der Waals surface area contributed by atoms with E-state index in [1.54, 1.807) is 13.4 Å². The molecule has 1 saturated heterocycles. The van der Waals surface area contributed by atoms with Crippen LogP contribution in [0.15, 0.2) is 30.6 Å². The molecule has 1 aliphatic carbocycles. The fraction of sp³-hybridized carbons (Fsp3) is 0.550. The Bertz CT molecular complexity index is 771. The van der Waals surface area contributed by atoms with Crippen LogP contribution in [-0.2, 0) is 23.7 Å². The van der Waals surface area contributed by atoms with Crippen molar-refractivity contribution in [2.75, 3.05) is 20.2 Å². The van der Waals surface area contributed by atoms with Gasteiger partial charge in [0, 0.05) is 26.6 Å². The fourth-order valence-corrected chi connectivity index (χ4v) is 4.05. The van der Waals surface area contributed by atoms with Crippen LogP contribution in [0.4, 0.5) is 0 Å². The van der Waals surface area contributed by atoms with Gasteiger partial charge in [0.2, 0.25) is 5.91 Å². The highest BCUT2D eigenvalue weighted by atomic mass is 16.5. The molecule has 4 rings (SSSR count). The maximum absolute atomic E-state index is 13.2. The van der Waals surface area contributed by atoms with Crippen LogP contribution in [-0.4, -0.2) is 45.8 Å². The zero-order valence-electron chi connectivity index (χ0n) is 15.5. The number of benzene rings is 1. The van der Waals surface area contributed by atoms with E-state index in [4.69, 9.17) is 4.74 Å². The van der Waals surface area contributed by atoms with E-state index in [9.17, 15) is 4.79 Å². The maximum atomic E-state index is 13.2. The number of methoxy groups -OCH3 is 1. The van der Waals surface area contributed by atoms with Gasteiger partial charge in [-0.1, -0.05) is 12.1 Å². The molecule has 0 spiro atoms. The minimum absolute atomic E-state index is 0.289. The molecule has 1 amide bonds. The molecule has 1 aromatic heterocycles. The van der Waals surface area contributed by atoms with Crippen LogP contribution in [0.1, 0.15) is 37.1 Å². The second-order valence-corrected chi connectivity index (χ2v) is 7.61. The summed E-state index contributed by atoms with van der Waals surface area (Å²) in [4.78, 5) is 15.3. The number of hydrogen-bond donors (Lipinski definition) is 0. The zero-order valence-corrected chi connectivity index (χ0v) is 15.5. The van der Waals surface area contributed by atoms with E-state index in [2.05, 4.69) is 15.1 Å². The summed E-state index contributed by atoms with van der Waals surface area (Å²) in [5, 5.41) is 8.15. The molecule has 0 unspecified atom stereocenters. The number of ether oxygens (including phenoxy) is 1. The third-order valence-corrected chi connectivity index (χ3v) is 5.98. The molecule has 1 aliphatic heterocycles. The molecule has 1 aromatic carbocycles. The van der Waals surface area contributed by atoms with Gasteiger partial charge in [0.25, 0.3) is 0 Å². The van der Waals surface area contributed by atoms with Gasteiger partial charge in [0.1, 0.15) is 17.9 Å². The van der Waals surface area contributed by atoms with Crippen molar-refractivity contribution in [3.63, 3.8) is 0 Å². The third kappa shape index (κ3) is 3.08. The number of rotatable bonds is 5. The molecule has 26 heavy (non-hydrogen) atoms. The minimum Gasteiger partial charge on any atom is -0.497 e. The Labute approximate surface area is 154 Å². The summed E-state index contributed by atoms with van der Waals surface area (Å²) < 4.78 is 7.22. The van der Waals surface area contributed by atoms with Crippen molar-refractivity contribution in [1.82, 2.24) is 19.7 Å². The van der Waals surface area contributed by atoms with Crippen LogP contribution in [0.5, 0.6) is 5.75 Å². The molecule has 138 valence electrons. The molecule has 2 heterocycles. The number of nitrogens with zero attached hydrogens (tertiary/aromatic N) is 4. The van der Waals surface area contributed by atoms with Gasteiger partial charge in [-0.15, -0.1) is 10.2 Å². The number of piperidine rings is 1. The summed E-state index contributed by atoms with van der Waals surface area (Å²) in [5.41, 5.74) is 0.840. The molecule has 2 fully saturated rings. The van der Waals surface area contributed by atoms with Crippen molar-refractivity contribution in [1.29, 1.82) is 0 Å². The van der Waals surface area contributed by atoms with E-state index in [1.165, 1.54) is 0 Å². The molecule has 0 radical (unpaired) electrons. The maximum Gasteiger partial charge on any atom is 0.233 e. The molecule has 6 heteroatoms. The van der Waals surface area contributed by atoms with Crippen LogP contribution in [0.2, 0.25) is 0 Å². The molecule has 2 aliphatic rings.